The molecule has 1 fully saturated rings. The van der Waals surface area contributed by atoms with Gasteiger partial charge in [0.05, 0.1) is 6.10 Å². The Morgan fingerprint density at radius 1 is 1.32 bits per heavy atom. The quantitative estimate of drug-likeness (QED) is 0.874. The predicted molar refractivity (Wildman–Crippen MR) is 72.3 cm³/mol. The summed E-state index contributed by atoms with van der Waals surface area (Å²) in [6.45, 7) is 3.15. The van der Waals surface area contributed by atoms with Gasteiger partial charge < -0.3 is 19.9 Å². The van der Waals surface area contributed by atoms with Crippen molar-refractivity contribution in [3.63, 3.8) is 0 Å². The second-order valence-corrected chi connectivity index (χ2v) is 5.65. The molecule has 1 saturated carbocycles. The highest BCUT2D eigenvalue weighted by molar-refractivity contribution is 5.45. The zero-order chi connectivity index (χ0) is 13.2. The Morgan fingerprint density at radius 3 is 2.95 bits per heavy atom. The van der Waals surface area contributed by atoms with E-state index in [0.717, 1.165) is 23.0 Å². The molecule has 1 aromatic carbocycles. The zero-order valence-corrected chi connectivity index (χ0v) is 11.3. The zero-order valence-electron chi connectivity index (χ0n) is 11.3. The van der Waals surface area contributed by atoms with E-state index in [-0.39, 0.29) is 6.79 Å². The van der Waals surface area contributed by atoms with Crippen molar-refractivity contribution in [1.82, 2.24) is 5.32 Å². The van der Waals surface area contributed by atoms with Crippen molar-refractivity contribution in [3.8, 4) is 11.5 Å². The number of benzene rings is 1. The van der Waals surface area contributed by atoms with Crippen LogP contribution in [-0.2, 0) is 0 Å². The molecule has 0 bridgehead atoms. The Balaban J connectivity index is 1.56. The molecular formula is C15H21NO3. The molecule has 2 aliphatic rings. The van der Waals surface area contributed by atoms with Gasteiger partial charge in [0.25, 0.3) is 0 Å². The second kappa shape index (κ2) is 5.39. The first kappa shape index (κ1) is 12.8. The van der Waals surface area contributed by atoms with Crippen LogP contribution in [0.3, 0.4) is 0 Å². The van der Waals surface area contributed by atoms with Crippen LogP contribution in [0.1, 0.15) is 37.9 Å². The van der Waals surface area contributed by atoms with Gasteiger partial charge in [-0.15, -0.1) is 0 Å². The summed E-state index contributed by atoms with van der Waals surface area (Å²) in [5.41, 5.74) is 0.878. The minimum Gasteiger partial charge on any atom is -0.454 e. The molecule has 2 N–H and O–H groups in total. The van der Waals surface area contributed by atoms with Gasteiger partial charge in [-0.2, -0.15) is 0 Å². The number of aliphatic hydroxyl groups excluding tert-OH is 1. The van der Waals surface area contributed by atoms with Crippen LogP contribution in [0.25, 0.3) is 0 Å². The molecule has 0 spiro atoms. The molecular weight excluding hydrogens is 242 g/mol. The lowest BCUT2D eigenvalue weighted by atomic mass is 10.1. The summed E-state index contributed by atoms with van der Waals surface area (Å²) in [7, 11) is 0. The highest BCUT2D eigenvalue weighted by atomic mass is 16.7. The van der Waals surface area contributed by atoms with Crippen molar-refractivity contribution in [2.75, 3.05) is 13.3 Å². The van der Waals surface area contributed by atoms with E-state index in [0.29, 0.717) is 12.6 Å². The highest BCUT2D eigenvalue weighted by Crippen LogP contribution is 2.34. The van der Waals surface area contributed by atoms with E-state index < -0.39 is 6.10 Å². The summed E-state index contributed by atoms with van der Waals surface area (Å²) in [6, 6.07) is 6.18. The monoisotopic (exact) mass is 263 g/mol. The lowest BCUT2D eigenvalue weighted by molar-refractivity contribution is 0.167. The van der Waals surface area contributed by atoms with Crippen LogP contribution in [0.2, 0.25) is 0 Å². The SMILES string of the molecule is CC1CCC(NCC(O)c2ccc3c(c2)OCO3)C1. The third kappa shape index (κ3) is 2.85. The Kier molecular flexibility index (Phi) is 3.62. The molecule has 1 aliphatic heterocycles. The van der Waals surface area contributed by atoms with Crippen LogP contribution in [-0.4, -0.2) is 24.5 Å². The fourth-order valence-corrected chi connectivity index (χ4v) is 2.91. The van der Waals surface area contributed by atoms with E-state index in [1.54, 1.807) is 0 Å². The van der Waals surface area contributed by atoms with Gasteiger partial charge in [-0.05, 0) is 42.9 Å². The number of hydrogen-bond donors (Lipinski definition) is 2. The molecule has 4 nitrogen and oxygen atoms in total. The first-order chi connectivity index (χ1) is 9.22. The molecule has 0 radical (unpaired) electrons. The van der Waals surface area contributed by atoms with Crippen LogP contribution < -0.4 is 14.8 Å². The Hall–Kier alpha value is -1.26. The number of nitrogens with one attached hydrogen (secondary N) is 1. The maximum atomic E-state index is 10.2. The lowest BCUT2D eigenvalue weighted by Gasteiger charge is -2.17. The van der Waals surface area contributed by atoms with Gasteiger partial charge in [0.2, 0.25) is 6.79 Å². The second-order valence-electron chi connectivity index (χ2n) is 5.65. The predicted octanol–water partition coefficient (Wildman–Crippen LogP) is 2.23. The third-order valence-corrected chi connectivity index (χ3v) is 4.08. The molecule has 1 aromatic rings. The number of hydrogen-bond acceptors (Lipinski definition) is 4. The van der Waals surface area contributed by atoms with E-state index in [1.165, 1.54) is 19.3 Å². The Bertz CT molecular complexity index is 449. The number of rotatable bonds is 4. The van der Waals surface area contributed by atoms with Gasteiger partial charge in [0, 0.05) is 12.6 Å². The minimum absolute atomic E-state index is 0.271. The fourth-order valence-electron chi connectivity index (χ4n) is 2.91. The molecule has 0 aromatic heterocycles. The van der Waals surface area contributed by atoms with Gasteiger partial charge in [0.1, 0.15) is 0 Å². The highest BCUT2D eigenvalue weighted by Gasteiger charge is 2.22. The standard InChI is InChI=1S/C15H21NO3/c1-10-2-4-12(6-10)16-8-13(17)11-3-5-14-15(7-11)19-9-18-14/h3,5,7,10,12-13,16-17H,2,4,6,8-9H2,1H3. The molecule has 4 heteroatoms. The fraction of sp³-hybridized carbons (Fsp3) is 0.600. The molecule has 104 valence electrons. The maximum absolute atomic E-state index is 10.2. The molecule has 19 heavy (non-hydrogen) atoms. The van der Waals surface area contributed by atoms with Crippen molar-refractivity contribution in [2.45, 2.75) is 38.3 Å². The topological polar surface area (TPSA) is 50.7 Å². The van der Waals surface area contributed by atoms with Crippen LogP contribution in [0.5, 0.6) is 11.5 Å². The van der Waals surface area contributed by atoms with E-state index >= 15 is 0 Å². The Labute approximate surface area is 113 Å². The van der Waals surface area contributed by atoms with Crippen molar-refractivity contribution in [1.29, 1.82) is 0 Å². The first-order valence-electron chi connectivity index (χ1n) is 7.03. The summed E-state index contributed by atoms with van der Waals surface area (Å²) in [4.78, 5) is 0. The van der Waals surface area contributed by atoms with E-state index in [4.69, 9.17) is 9.47 Å². The molecule has 0 saturated heterocycles. The summed E-state index contributed by atoms with van der Waals surface area (Å²) < 4.78 is 10.6. The smallest absolute Gasteiger partial charge is 0.231 e. The molecule has 3 rings (SSSR count). The number of aliphatic hydroxyl groups is 1. The van der Waals surface area contributed by atoms with Crippen molar-refractivity contribution >= 4 is 0 Å². The first-order valence-corrected chi connectivity index (χ1v) is 7.03. The normalized spacial score (nSPS) is 26.6. The van der Waals surface area contributed by atoms with E-state index in [2.05, 4.69) is 12.2 Å². The third-order valence-electron chi connectivity index (χ3n) is 4.08. The number of fused-ring (bicyclic) bond motifs is 1. The van der Waals surface area contributed by atoms with Crippen molar-refractivity contribution < 1.29 is 14.6 Å². The average Bonchev–Trinajstić information content (AvgIpc) is 3.03. The summed E-state index contributed by atoms with van der Waals surface area (Å²) in [5, 5.41) is 13.7. The van der Waals surface area contributed by atoms with Crippen LogP contribution in [0.4, 0.5) is 0 Å². The van der Waals surface area contributed by atoms with Gasteiger partial charge in [-0.3, -0.25) is 0 Å². The average molecular weight is 263 g/mol. The van der Waals surface area contributed by atoms with Gasteiger partial charge in [-0.1, -0.05) is 13.0 Å². The Morgan fingerprint density at radius 2 is 2.16 bits per heavy atom. The molecule has 0 amide bonds. The number of ether oxygens (including phenoxy) is 2. The van der Waals surface area contributed by atoms with Crippen LogP contribution in [0, 0.1) is 5.92 Å². The maximum Gasteiger partial charge on any atom is 0.231 e. The van der Waals surface area contributed by atoms with Gasteiger partial charge in [-0.25, -0.2) is 0 Å². The molecule has 1 heterocycles. The molecule has 3 unspecified atom stereocenters. The lowest BCUT2D eigenvalue weighted by Crippen LogP contribution is -2.30. The minimum atomic E-state index is -0.495. The van der Waals surface area contributed by atoms with Gasteiger partial charge in [0.15, 0.2) is 11.5 Å². The largest absolute Gasteiger partial charge is 0.454 e. The summed E-state index contributed by atoms with van der Waals surface area (Å²) >= 11 is 0. The van der Waals surface area contributed by atoms with Gasteiger partial charge >= 0.3 is 0 Å². The van der Waals surface area contributed by atoms with Crippen molar-refractivity contribution in [3.05, 3.63) is 23.8 Å². The summed E-state index contributed by atoms with van der Waals surface area (Å²) in [6.07, 6.45) is 3.23. The molecule has 3 atom stereocenters. The molecule has 1 aliphatic carbocycles. The van der Waals surface area contributed by atoms with E-state index in [1.807, 2.05) is 18.2 Å². The summed E-state index contributed by atoms with van der Waals surface area (Å²) in [5.74, 6) is 2.29. The van der Waals surface area contributed by atoms with Crippen LogP contribution in [0.15, 0.2) is 18.2 Å². The van der Waals surface area contributed by atoms with Crippen LogP contribution >= 0.6 is 0 Å². The van der Waals surface area contributed by atoms with E-state index in [9.17, 15) is 5.11 Å². The van der Waals surface area contributed by atoms with Crippen molar-refractivity contribution in [2.24, 2.45) is 5.92 Å².